The van der Waals surface area contributed by atoms with E-state index in [2.05, 4.69) is 53.5 Å². The van der Waals surface area contributed by atoms with E-state index in [-0.39, 0.29) is 11.2 Å². The van der Waals surface area contributed by atoms with Crippen LogP contribution in [0.4, 0.5) is 0 Å². The van der Waals surface area contributed by atoms with Crippen LogP contribution in [0.3, 0.4) is 0 Å². The number of nitrogens with zero attached hydrogens (tertiary/aromatic N) is 1. The lowest BCUT2D eigenvalue weighted by molar-refractivity contribution is -0.117. The van der Waals surface area contributed by atoms with Gasteiger partial charge < -0.3 is 14.4 Å². The Morgan fingerprint density at radius 3 is 2.05 bits per heavy atom. The molecule has 3 nitrogen and oxygen atoms in total. The fraction of sp³-hybridized carbons (Fsp3) is 1.00. The first kappa shape index (κ1) is 17.9. The number of hydrogen-bond acceptors (Lipinski definition) is 3. The molecule has 1 fully saturated rings. The molecular weight excluding hydrogens is 250 g/mol. The molecule has 0 aromatic carbocycles. The van der Waals surface area contributed by atoms with E-state index in [0.29, 0.717) is 12.1 Å². The van der Waals surface area contributed by atoms with Gasteiger partial charge in [0.1, 0.15) is 0 Å². The van der Waals surface area contributed by atoms with E-state index in [0.717, 1.165) is 13.0 Å². The summed E-state index contributed by atoms with van der Waals surface area (Å²) in [6, 6.07) is 0.714. The van der Waals surface area contributed by atoms with E-state index in [9.17, 15) is 0 Å². The van der Waals surface area contributed by atoms with Crippen LogP contribution in [0, 0.1) is 0 Å². The lowest BCUT2D eigenvalue weighted by atomic mass is 9.87. The molecule has 0 amide bonds. The summed E-state index contributed by atoms with van der Waals surface area (Å²) in [5, 5.41) is 0. The van der Waals surface area contributed by atoms with Crippen LogP contribution in [0.15, 0.2) is 0 Å². The van der Waals surface area contributed by atoms with Crippen LogP contribution in [0.2, 0.25) is 0 Å². The van der Waals surface area contributed by atoms with Crippen LogP contribution < -0.4 is 0 Å². The van der Waals surface area contributed by atoms with Crippen molar-refractivity contribution < 1.29 is 9.47 Å². The molecule has 0 heterocycles. The maximum Gasteiger partial charge on any atom is 0.0612 e. The second kappa shape index (κ2) is 7.24. The molecule has 0 aromatic heterocycles. The second-order valence-corrected chi connectivity index (χ2v) is 8.13. The number of rotatable bonds is 7. The van der Waals surface area contributed by atoms with Gasteiger partial charge in [-0.2, -0.15) is 0 Å². The summed E-state index contributed by atoms with van der Waals surface area (Å²) in [4.78, 5) is 2.49. The fourth-order valence-electron chi connectivity index (χ4n) is 2.52. The van der Waals surface area contributed by atoms with Crippen molar-refractivity contribution in [3.63, 3.8) is 0 Å². The highest BCUT2D eigenvalue weighted by Crippen LogP contribution is 2.30. The summed E-state index contributed by atoms with van der Waals surface area (Å²) in [5.74, 6) is 0. The second-order valence-electron chi connectivity index (χ2n) is 8.13. The van der Waals surface area contributed by atoms with Gasteiger partial charge in [0.25, 0.3) is 0 Å². The lowest BCUT2D eigenvalue weighted by Gasteiger charge is -2.43. The van der Waals surface area contributed by atoms with Crippen molar-refractivity contribution in [3.05, 3.63) is 0 Å². The molecule has 0 radical (unpaired) electrons. The number of hydrogen-bond donors (Lipinski definition) is 0. The smallest absolute Gasteiger partial charge is 0.0612 e. The highest BCUT2D eigenvalue weighted by atomic mass is 16.5. The van der Waals surface area contributed by atoms with Crippen molar-refractivity contribution in [1.82, 2.24) is 4.90 Å². The van der Waals surface area contributed by atoms with Gasteiger partial charge in [0.2, 0.25) is 0 Å². The molecule has 3 heteroatoms. The first-order valence-electron chi connectivity index (χ1n) is 8.09. The first-order chi connectivity index (χ1) is 9.07. The van der Waals surface area contributed by atoms with E-state index in [1.54, 1.807) is 0 Å². The molecule has 0 aliphatic heterocycles. The zero-order valence-electron chi connectivity index (χ0n) is 14.7. The Morgan fingerprint density at radius 1 is 0.950 bits per heavy atom. The quantitative estimate of drug-likeness (QED) is 0.663. The average Bonchev–Trinajstić information content (AvgIpc) is 2.19. The largest absolute Gasteiger partial charge is 0.376 e. The molecule has 0 spiro atoms. The van der Waals surface area contributed by atoms with Gasteiger partial charge in [0.15, 0.2) is 0 Å². The Bertz CT molecular complexity index is 272. The summed E-state index contributed by atoms with van der Waals surface area (Å²) < 4.78 is 11.7. The molecule has 0 N–H and O–H groups in total. The molecule has 0 atom stereocenters. The monoisotopic (exact) mass is 285 g/mol. The van der Waals surface area contributed by atoms with Crippen LogP contribution in [0.25, 0.3) is 0 Å². The van der Waals surface area contributed by atoms with Gasteiger partial charge in [-0.05, 0) is 80.8 Å². The van der Waals surface area contributed by atoms with Crippen LogP contribution in [0.5, 0.6) is 0 Å². The van der Waals surface area contributed by atoms with Gasteiger partial charge >= 0.3 is 0 Å². The SMILES string of the molecule is CN(CCCCOC(C)(C)C)[C@H]1C[C@H](OC(C)(C)C)C1. The van der Waals surface area contributed by atoms with E-state index in [4.69, 9.17) is 9.47 Å². The molecule has 1 aliphatic rings. The molecule has 0 aromatic rings. The van der Waals surface area contributed by atoms with Crippen molar-refractivity contribution >= 4 is 0 Å². The van der Waals surface area contributed by atoms with Crippen molar-refractivity contribution in [2.75, 3.05) is 20.2 Å². The third kappa shape index (κ3) is 7.61. The predicted molar refractivity (Wildman–Crippen MR) is 85.2 cm³/mol. The van der Waals surface area contributed by atoms with Gasteiger partial charge in [0.05, 0.1) is 17.3 Å². The van der Waals surface area contributed by atoms with Gasteiger partial charge in [-0.25, -0.2) is 0 Å². The van der Waals surface area contributed by atoms with Crippen molar-refractivity contribution in [3.8, 4) is 0 Å². The normalized spacial score (nSPS) is 24.0. The molecular formula is C17H35NO2. The first-order valence-corrected chi connectivity index (χ1v) is 8.09. The van der Waals surface area contributed by atoms with Crippen LogP contribution in [-0.4, -0.2) is 48.4 Å². The Balaban J connectivity index is 2.04. The standard InChI is InChI=1S/C17H35NO2/c1-16(2,3)19-11-9-8-10-18(7)14-12-15(13-14)20-17(4,5)6/h14-15H,8-13H2,1-7H3/t14-,15-. The summed E-state index contributed by atoms with van der Waals surface area (Å²) >= 11 is 0. The maximum absolute atomic E-state index is 5.99. The Kier molecular flexibility index (Phi) is 6.49. The van der Waals surface area contributed by atoms with Crippen LogP contribution >= 0.6 is 0 Å². The minimum Gasteiger partial charge on any atom is -0.376 e. The van der Waals surface area contributed by atoms with Crippen LogP contribution in [0.1, 0.15) is 67.2 Å². The minimum absolute atomic E-state index is 0.00149. The highest BCUT2D eigenvalue weighted by molar-refractivity contribution is 4.88. The van der Waals surface area contributed by atoms with E-state index in [1.807, 2.05) is 0 Å². The van der Waals surface area contributed by atoms with E-state index < -0.39 is 0 Å². The molecule has 1 saturated carbocycles. The Morgan fingerprint density at radius 2 is 1.55 bits per heavy atom. The van der Waals surface area contributed by atoms with Crippen LogP contribution in [-0.2, 0) is 9.47 Å². The Labute approximate surface area is 126 Å². The zero-order chi connectivity index (χ0) is 15.4. The molecule has 1 aliphatic carbocycles. The van der Waals surface area contributed by atoms with Crippen molar-refractivity contribution in [2.45, 2.75) is 90.6 Å². The van der Waals surface area contributed by atoms with Gasteiger partial charge in [-0.3, -0.25) is 0 Å². The lowest BCUT2D eigenvalue weighted by Crippen LogP contribution is -2.48. The van der Waals surface area contributed by atoms with Crippen molar-refractivity contribution in [1.29, 1.82) is 0 Å². The third-order valence-electron chi connectivity index (χ3n) is 3.65. The summed E-state index contributed by atoms with van der Waals surface area (Å²) in [5.41, 5.74) is -0.00407. The topological polar surface area (TPSA) is 21.7 Å². The molecule has 0 unspecified atom stereocenters. The van der Waals surface area contributed by atoms with E-state index in [1.165, 1.54) is 25.8 Å². The third-order valence-corrected chi connectivity index (χ3v) is 3.65. The summed E-state index contributed by atoms with van der Waals surface area (Å²) in [6.45, 7) is 14.8. The van der Waals surface area contributed by atoms with Gasteiger partial charge in [-0.15, -0.1) is 0 Å². The molecule has 1 rings (SSSR count). The molecule has 120 valence electrons. The Hall–Kier alpha value is -0.120. The summed E-state index contributed by atoms with van der Waals surface area (Å²) in [7, 11) is 2.24. The molecule has 0 bridgehead atoms. The van der Waals surface area contributed by atoms with Gasteiger partial charge in [0, 0.05) is 12.6 Å². The molecule has 20 heavy (non-hydrogen) atoms. The predicted octanol–water partition coefficient (Wildman–Crippen LogP) is 3.86. The summed E-state index contributed by atoms with van der Waals surface area (Å²) in [6.07, 6.45) is 5.20. The van der Waals surface area contributed by atoms with E-state index >= 15 is 0 Å². The zero-order valence-corrected chi connectivity index (χ0v) is 14.7. The average molecular weight is 285 g/mol. The fourth-order valence-corrected chi connectivity index (χ4v) is 2.52. The maximum atomic E-state index is 5.99. The van der Waals surface area contributed by atoms with Gasteiger partial charge in [-0.1, -0.05) is 0 Å². The molecule has 0 saturated heterocycles. The highest BCUT2D eigenvalue weighted by Gasteiger charge is 2.34. The minimum atomic E-state index is -0.00259. The number of ether oxygens (including phenoxy) is 2. The van der Waals surface area contributed by atoms with Crippen molar-refractivity contribution in [2.24, 2.45) is 0 Å². The number of unbranched alkanes of at least 4 members (excludes halogenated alkanes) is 1.